The van der Waals surface area contributed by atoms with Gasteiger partial charge in [-0.3, -0.25) is 4.79 Å². The molecule has 1 heterocycles. The molecular weight excluding hydrogens is 289 g/mol. The van der Waals surface area contributed by atoms with Gasteiger partial charge in [-0.2, -0.15) is 0 Å². The Balaban J connectivity index is 2.08. The summed E-state index contributed by atoms with van der Waals surface area (Å²) < 4.78 is 0. The molecule has 4 nitrogen and oxygen atoms in total. The van der Waals surface area contributed by atoms with Crippen LogP contribution in [0.4, 0.5) is 0 Å². The molecule has 1 aromatic rings. The van der Waals surface area contributed by atoms with E-state index in [1.165, 1.54) is 4.90 Å². The largest absolute Gasteiger partial charge is 0.480 e. The van der Waals surface area contributed by atoms with Crippen LogP contribution in [0.15, 0.2) is 18.2 Å². The number of hydrogen-bond acceptors (Lipinski definition) is 2. The third-order valence-electron chi connectivity index (χ3n) is 3.20. The molecule has 1 aliphatic rings. The second kappa shape index (κ2) is 5.80. The number of carbonyl (C=O) groups is 2. The van der Waals surface area contributed by atoms with Crippen LogP contribution in [-0.2, 0) is 16.0 Å². The number of aliphatic carboxylic acids is 1. The highest BCUT2D eigenvalue weighted by Gasteiger charge is 2.33. The summed E-state index contributed by atoms with van der Waals surface area (Å²) in [6.45, 7) is 0.497. The van der Waals surface area contributed by atoms with Gasteiger partial charge in [-0.25, -0.2) is 4.79 Å². The van der Waals surface area contributed by atoms with Crippen molar-refractivity contribution in [1.82, 2.24) is 4.90 Å². The molecule has 1 saturated heterocycles. The van der Waals surface area contributed by atoms with E-state index in [4.69, 9.17) is 28.3 Å². The van der Waals surface area contributed by atoms with Gasteiger partial charge in [0.05, 0.1) is 16.5 Å². The average molecular weight is 302 g/mol. The van der Waals surface area contributed by atoms with Crippen LogP contribution in [0.5, 0.6) is 0 Å². The van der Waals surface area contributed by atoms with Gasteiger partial charge in [0.25, 0.3) is 0 Å². The number of rotatable bonds is 3. The van der Waals surface area contributed by atoms with Gasteiger partial charge < -0.3 is 10.0 Å². The zero-order valence-electron chi connectivity index (χ0n) is 10.1. The van der Waals surface area contributed by atoms with Crippen LogP contribution in [0.2, 0.25) is 10.0 Å². The Kier molecular flexibility index (Phi) is 4.32. The molecule has 0 saturated carbocycles. The summed E-state index contributed by atoms with van der Waals surface area (Å²) in [6.07, 6.45) is 1.38. The van der Waals surface area contributed by atoms with Crippen molar-refractivity contribution in [3.05, 3.63) is 33.8 Å². The molecule has 1 aliphatic heterocycles. The average Bonchev–Trinajstić information content (AvgIpc) is 2.83. The van der Waals surface area contributed by atoms with Gasteiger partial charge in [-0.05, 0) is 30.5 Å². The first kappa shape index (κ1) is 14.2. The minimum Gasteiger partial charge on any atom is -0.480 e. The van der Waals surface area contributed by atoms with E-state index in [1.54, 1.807) is 18.2 Å². The lowest BCUT2D eigenvalue weighted by Gasteiger charge is -2.21. The number of carbonyl (C=O) groups excluding carboxylic acids is 1. The van der Waals surface area contributed by atoms with E-state index < -0.39 is 12.0 Å². The normalized spacial score (nSPS) is 18.6. The van der Waals surface area contributed by atoms with E-state index >= 15 is 0 Å². The Morgan fingerprint density at radius 2 is 2.05 bits per heavy atom. The number of amides is 1. The summed E-state index contributed by atoms with van der Waals surface area (Å²) >= 11 is 11.7. The Labute approximate surface area is 120 Å². The van der Waals surface area contributed by atoms with E-state index in [0.717, 1.165) is 12.0 Å². The summed E-state index contributed by atoms with van der Waals surface area (Å²) in [4.78, 5) is 24.6. The molecule has 1 amide bonds. The smallest absolute Gasteiger partial charge is 0.326 e. The van der Waals surface area contributed by atoms with Gasteiger partial charge in [0.1, 0.15) is 6.04 Å². The standard InChI is InChI=1S/C13H13Cl2NO3/c14-9-4-3-8(6-10(9)15)7-12(17)16-5-1-2-11(16)13(18)19/h3-4,6,11H,1-2,5,7H2,(H,18,19)/t11-/m0/s1. The Morgan fingerprint density at radius 1 is 1.32 bits per heavy atom. The molecule has 102 valence electrons. The van der Waals surface area contributed by atoms with Gasteiger partial charge in [0.15, 0.2) is 0 Å². The second-order valence-electron chi connectivity index (χ2n) is 4.51. The topological polar surface area (TPSA) is 57.6 Å². The molecule has 19 heavy (non-hydrogen) atoms. The quantitative estimate of drug-likeness (QED) is 0.933. The van der Waals surface area contributed by atoms with E-state index in [-0.39, 0.29) is 12.3 Å². The van der Waals surface area contributed by atoms with Crippen molar-refractivity contribution >= 4 is 35.1 Å². The number of nitrogens with zero attached hydrogens (tertiary/aromatic N) is 1. The zero-order chi connectivity index (χ0) is 14.0. The van der Waals surface area contributed by atoms with Gasteiger partial charge in [-0.15, -0.1) is 0 Å². The lowest BCUT2D eigenvalue weighted by molar-refractivity contribution is -0.148. The molecule has 0 bridgehead atoms. The van der Waals surface area contributed by atoms with Crippen LogP contribution in [-0.4, -0.2) is 34.5 Å². The van der Waals surface area contributed by atoms with Gasteiger partial charge in [-0.1, -0.05) is 29.3 Å². The van der Waals surface area contributed by atoms with Crippen molar-refractivity contribution in [3.8, 4) is 0 Å². The van der Waals surface area contributed by atoms with E-state index in [2.05, 4.69) is 0 Å². The SMILES string of the molecule is O=C(O)[C@@H]1CCCN1C(=O)Cc1ccc(Cl)c(Cl)c1. The first-order valence-corrected chi connectivity index (χ1v) is 6.71. The maximum atomic E-state index is 12.1. The highest BCUT2D eigenvalue weighted by molar-refractivity contribution is 6.42. The van der Waals surface area contributed by atoms with Crippen molar-refractivity contribution in [2.45, 2.75) is 25.3 Å². The predicted molar refractivity (Wildman–Crippen MR) is 72.5 cm³/mol. The van der Waals surface area contributed by atoms with E-state index in [1.807, 2.05) is 0 Å². The van der Waals surface area contributed by atoms with Crippen LogP contribution in [0.25, 0.3) is 0 Å². The van der Waals surface area contributed by atoms with Crippen molar-refractivity contribution in [2.24, 2.45) is 0 Å². The highest BCUT2D eigenvalue weighted by Crippen LogP contribution is 2.24. The van der Waals surface area contributed by atoms with Gasteiger partial charge >= 0.3 is 5.97 Å². The van der Waals surface area contributed by atoms with Crippen molar-refractivity contribution in [1.29, 1.82) is 0 Å². The first-order valence-electron chi connectivity index (χ1n) is 5.95. The van der Waals surface area contributed by atoms with Crippen molar-refractivity contribution in [2.75, 3.05) is 6.54 Å². The van der Waals surface area contributed by atoms with Gasteiger partial charge in [0, 0.05) is 6.54 Å². The minimum atomic E-state index is -0.944. The van der Waals surface area contributed by atoms with Crippen LogP contribution in [0.3, 0.4) is 0 Å². The maximum Gasteiger partial charge on any atom is 0.326 e. The second-order valence-corrected chi connectivity index (χ2v) is 5.32. The molecule has 1 atom stereocenters. The molecule has 2 rings (SSSR count). The number of carboxylic acid groups (broad SMARTS) is 1. The van der Waals surface area contributed by atoms with Crippen LogP contribution >= 0.6 is 23.2 Å². The number of hydrogen-bond donors (Lipinski definition) is 1. The molecule has 0 spiro atoms. The Hall–Kier alpha value is -1.26. The Morgan fingerprint density at radius 3 is 2.68 bits per heavy atom. The summed E-state index contributed by atoms with van der Waals surface area (Å²) in [5, 5.41) is 9.87. The molecule has 0 radical (unpaired) electrons. The number of benzene rings is 1. The number of halogens is 2. The van der Waals surface area contributed by atoms with Gasteiger partial charge in [0.2, 0.25) is 5.91 Å². The van der Waals surface area contributed by atoms with Crippen LogP contribution in [0, 0.1) is 0 Å². The summed E-state index contributed by atoms with van der Waals surface area (Å²) in [5.74, 6) is -1.14. The lowest BCUT2D eigenvalue weighted by atomic mass is 10.1. The highest BCUT2D eigenvalue weighted by atomic mass is 35.5. The maximum absolute atomic E-state index is 12.1. The third kappa shape index (κ3) is 3.19. The monoisotopic (exact) mass is 301 g/mol. The fourth-order valence-corrected chi connectivity index (χ4v) is 2.57. The Bertz CT molecular complexity index is 519. The van der Waals surface area contributed by atoms with Crippen molar-refractivity contribution < 1.29 is 14.7 Å². The molecule has 0 aliphatic carbocycles. The molecular formula is C13H13Cl2NO3. The summed E-state index contributed by atoms with van der Waals surface area (Å²) in [7, 11) is 0. The predicted octanol–water partition coefficient (Wildman–Crippen LogP) is 2.61. The van der Waals surface area contributed by atoms with E-state index in [9.17, 15) is 9.59 Å². The number of carboxylic acids is 1. The minimum absolute atomic E-state index is 0.140. The summed E-state index contributed by atoms with van der Waals surface area (Å²) in [5.41, 5.74) is 0.732. The fourth-order valence-electron chi connectivity index (χ4n) is 2.25. The molecule has 1 aromatic carbocycles. The van der Waals surface area contributed by atoms with Crippen LogP contribution < -0.4 is 0 Å². The summed E-state index contributed by atoms with van der Waals surface area (Å²) in [6, 6.07) is 4.28. The zero-order valence-corrected chi connectivity index (χ0v) is 11.6. The van der Waals surface area contributed by atoms with E-state index in [0.29, 0.717) is 23.0 Å². The van der Waals surface area contributed by atoms with Crippen LogP contribution in [0.1, 0.15) is 18.4 Å². The molecule has 0 aromatic heterocycles. The van der Waals surface area contributed by atoms with Crippen molar-refractivity contribution in [3.63, 3.8) is 0 Å². The third-order valence-corrected chi connectivity index (χ3v) is 3.94. The molecule has 1 N–H and O–H groups in total. The molecule has 0 unspecified atom stereocenters. The number of likely N-dealkylation sites (tertiary alicyclic amines) is 1. The first-order chi connectivity index (χ1) is 8.99. The fraction of sp³-hybridized carbons (Fsp3) is 0.385. The lowest BCUT2D eigenvalue weighted by Crippen LogP contribution is -2.41. The molecule has 6 heteroatoms. The molecule has 1 fully saturated rings.